The van der Waals surface area contributed by atoms with Crippen molar-refractivity contribution in [1.82, 2.24) is 0 Å². The summed E-state index contributed by atoms with van der Waals surface area (Å²) in [5.74, 6) is -0.295. The van der Waals surface area contributed by atoms with Gasteiger partial charge < -0.3 is 9.84 Å². The van der Waals surface area contributed by atoms with Crippen molar-refractivity contribution in [3.8, 4) is 0 Å². The molecule has 17 heavy (non-hydrogen) atoms. The normalized spacial score (nSPS) is 12.7. The van der Waals surface area contributed by atoms with Crippen LogP contribution in [-0.2, 0) is 11.2 Å². The summed E-state index contributed by atoms with van der Waals surface area (Å²) in [5, 5.41) is 9.79. The molecular formula is C13H18BrFO2. The van der Waals surface area contributed by atoms with Crippen molar-refractivity contribution in [2.75, 3.05) is 13.2 Å². The van der Waals surface area contributed by atoms with Gasteiger partial charge in [-0.15, -0.1) is 0 Å². The molecule has 0 fully saturated rings. The monoisotopic (exact) mass is 304 g/mol. The average molecular weight is 305 g/mol. The van der Waals surface area contributed by atoms with Gasteiger partial charge in [-0.25, -0.2) is 4.39 Å². The molecule has 0 spiro atoms. The molecule has 4 heteroatoms. The fraction of sp³-hybridized carbons (Fsp3) is 0.538. The third kappa shape index (κ3) is 5.15. The predicted octanol–water partition coefficient (Wildman–Crippen LogP) is 3.31. The van der Waals surface area contributed by atoms with E-state index in [0.29, 0.717) is 23.9 Å². The number of hydrogen-bond donors (Lipinski definition) is 1. The molecule has 1 N–H and O–H groups in total. The Bertz CT molecular complexity index is 344. The lowest BCUT2D eigenvalue weighted by atomic mass is 10.1. The first-order chi connectivity index (χ1) is 8.15. The Kier molecular flexibility index (Phi) is 6.70. The van der Waals surface area contributed by atoms with E-state index >= 15 is 0 Å². The number of benzene rings is 1. The van der Waals surface area contributed by atoms with E-state index in [2.05, 4.69) is 15.9 Å². The van der Waals surface area contributed by atoms with Crippen LogP contribution in [0, 0.1) is 5.82 Å². The molecule has 0 amide bonds. The zero-order valence-corrected chi connectivity index (χ0v) is 11.5. The average Bonchev–Trinajstić information content (AvgIpc) is 2.31. The van der Waals surface area contributed by atoms with Crippen LogP contribution in [0.25, 0.3) is 0 Å². The highest BCUT2D eigenvalue weighted by atomic mass is 79.9. The van der Waals surface area contributed by atoms with Crippen LogP contribution in [0.4, 0.5) is 4.39 Å². The summed E-state index contributed by atoms with van der Waals surface area (Å²) in [6.45, 7) is 3.30. The van der Waals surface area contributed by atoms with Gasteiger partial charge in [-0.2, -0.15) is 0 Å². The Balaban J connectivity index is 2.39. The summed E-state index contributed by atoms with van der Waals surface area (Å²) >= 11 is 3.18. The maximum Gasteiger partial charge on any atom is 0.137 e. The maximum atomic E-state index is 13.2. The van der Waals surface area contributed by atoms with Gasteiger partial charge >= 0.3 is 0 Å². The minimum Gasteiger partial charge on any atom is -0.393 e. The second-order valence-corrected chi connectivity index (χ2v) is 4.76. The molecule has 2 nitrogen and oxygen atoms in total. The fourth-order valence-corrected chi connectivity index (χ4v) is 1.95. The van der Waals surface area contributed by atoms with Gasteiger partial charge in [0.25, 0.3) is 0 Å². The third-order valence-corrected chi connectivity index (χ3v) is 3.32. The lowest BCUT2D eigenvalue weighted by molar-refractivity contribution is 0.0823. The van der Waals surface area contributed by atoms with Crippen LogP contribution in [0.2, 0.25) is 0 Å². The number of halogens is 2. The van der Waals surface area contributed by atoms with Crippen LogP contribution in [0.3, 0.4) is 0 Å². The quantitative estimate of drug-likeness (QED) is 0.783. The van der Waals surface area contributed by atoms with Crippen molar-refractivity contribution >= 4 is 15.9 Å². The van der Waals surface area contributed by atoms with E-state index in [9.17, 15) is 9.50 Å². The fourth-order valence-electron chi connectivity index (χ4n) is 1.53. The van der Waals surface area contributed by atoms with Crippen LogP contribution in [0.5, 0.6) is 0 Å². The van der Waals surface area contributed by atoms with E-state index in [0.717, 1.165) is 18.6 Å². The first kappa shape index (κ1) is 14.6. The SMILES string of the molecule is CCCOCCC(O)Cc1cccc(F)c1Br. The Morgan fingerprint density at radius 2 is 2.18 bits per heavy atom. The first-order valence-electron chi connectivity index (χ1n) is 5.83. The van der Waals surface area contributed by atoms with Crippen LogP contribution >= 0.6 is 15.9 Å². The summed E-state index contributed by atoms with van der Waals surface area (Å²) in [7, 11) is 0. The minimum atomic E-state index is -0.495. The van der Waals surface area contributed by atoms with Crippen molar-refractivity contribution in [3.05, 3.63) is 34.1 Å². The molecule has 1 unspecified atom stereocenters. The van der Waals surface area contributed by atoms with Crippen molar-refractivity contribution in [2.45, 2.75) is 32.3 Å². The second kappa shape index (κ2) is 7.80. The van der Waals surface area contributed by atoms with E-state index in [4.69, 9.17) is 4.74 Å². The molecular weight excluding hydrogens is 287 g/mol. The third-order valence-electron chi connectivity index (χ3n) is 2.43. The predicted molar refractivity (Wildman–Crippen MR) is 69.5 cm³/mol. The largest absolute Gasteiger partial charge is 0.393 e. The molecule has 0 aliphatic rings. The van der Waals surface area contributed by atoms with Crippen molar-refractivity contribution in [2.24, 2.45) is 0 Å². The van der Waals surface area contributed by atoms with E-state index in [-0.39, 0.29) is 5.82 Å². The minimum absolute atomic E-state index is 0.295. The molecule has 96 valence electrons. The topological polar surface area (TPSA) is 29.5 Å². The number of hydrogen-bond acceptors (Lipinski definition) is 2. The Morgan fingerprint density at radius 1 is 1.41 bits per heavy atom. The second-order valence-electron chi connectivity index (χ2n) is 3.97. The van der Waals surface area contributed by atoms with Gasteiger partial charge in [0.1, 0.15) is 5.82 Å². The number of aliphatic hydroxyl groups excluding tert-OH is 1. The van der Waals surface area contributed by atoms with Crippen LogP contribution in [-0.4, -0.2) is 24.4 Å². The highest BCUT2D eigenvalue weighted by molar-refractivity contribution is 9.10. The van der Waals surface area contributed by atoms with Crippen molar-refractivity contribution in [3.63, 3.8) is 0 Å². The molecule has 0 bridgehead atoms. The smallest absolute Gasteiger partial charge is 0.137 e. The number of aliphatic hydroxyl groups is 1. The summed E-state index contributed by atoms with van der Waals surface area (Å²) < 4.78 is 19.0. The van der Waals surface area contributed by atoms with Crippen LogP contribution in [0.15, 0.2) is 22.7 Å². The molecule has 0 heterocycles. The van der Waals surface area contributed by atoms with E-state index < -0.39 is 6.10 Å². The van der Waals surface area contributed by atoms with Gasteiger partial charge in [-0.05, 0) is 46.8 Å². The lowest BCUT2D eigenvalue weighted by Crippen LogP contribution is -2.14. The van der Waals surface area contributed by atoms with E-state index in [1.54, 1.807) is 6.07 Å². The molecule has 1 rings (SSSR count). The summed E-state index contributed by atoms with van der Waals surface area (Å²) in [5.41, 5.74) is 0.785. The van der Waals surface area contributed by atoms with Gasteiger partial charge in [0.15, 0.2) is 0 Å². The summed E-state index contributed by atoms with van der Waals surface area (Å²) in [6, 6.07) is 4.85. The van der Waals surface area contributed by atoms with Crippen LogP contribution < -0.4 is 0 Å². The number of rotatable bonds is 7. The Labute approximate surface area is 110 Å². The molecule has 1 aromatic rings. The van der Waals surface area contributed by atoms with E-state index in [1.165, 1.54) is 6.07 Å². The van der Waals surface area contributed by atoms with Crippen molar-refractivity contribution in [1.29, 1.82) is 0 Å². The summed E-state index contributed by atoms with van der Waals surface area (Å²) in [6.07, 6.45) is 1.49. The lowest BCUT2D eigenvalue weighted by Gasteiger charge is -2.12. The van der Waals surface area contributed by atoms with Gasteiger partial charge in [0.2, 0.25) is 0 Å². The Morgan fingerprint density at radius 3 is 2.88 bits per heavy atom. The summed E-state index contributed by atoms with van der Waals surface area (Å²) in [4.78, 5) is 0. The molecule has 0 saturated carbocycles. The molecule has 1 aromatic carbocycles. The molecule has 0 aliphatic carbocycles. The van der Waals surface area contributed by atoms with Gasteiger partial charge in [-0.1, -0.05) is 19.1 Å². The zero-order chi connectivity index (χ0) is 12.7. The molecule has 0 radical (unpaired) electrons. The first-order valence-corrected chi connectivity index (χ1v) is 6.63. The van der Waals surface area contributed by atoms with E-state index in [1.807, 2.05) is 13.0 Å². The molecule has 0 saturated heterocycles. The Hall–Kier alpha value is -0.450. The van der Waals surface area contributed by atoms with Gasteiger partial charge in [0, 0.05) is 13.2 Å². The molecule has 1 atom stereocenters. The van der Waals surface area contributed by atoms with Crippen molar-refractivity contribution < 1.29 is 14.2 Å². The molecule has 0 aromatic heterocycles. The highest BCUT2D eigenvalue weighted by Crippen LogP contribution is 2.22. The molecule has 0 aliphatic heterocycles. The van der Waals surface area contributed by atoms with Gasteiger partial charge in [-0.3, -0.25) is 0 Å². The zero-order valence-electron chi connectivity index (χ0n) is 9.96. The van der Waals surface area contributed by atoms with Crippen LogP contribution in [0.1, 0.15) is 25.3 Å². The standard InChI is InChI=1S/C13H18BrFO2/c1-2-7-17-8-6-11(16)9-10-4-3-5-12(15)13(10)14/h3-5,11,16H,2,6-9H2,1H3. The highest BCUT2D eigenvalue weighted by Gasteiger charge is 2.10. The van der Waals surface area contributed by atoms with Gasteiger partial charge in [0.05, 0.1) is 10.6 Å². The number of ether oxygens (including phenoxy) is 1. The maximum absolute atomic E-state index is 13.2.